The molecule has 1 N–H and O–H groups in total. The summed E-state index contributed by atoms with van der Waals surface area (Å²) in [5.41, 5.74) is 1.69. The molecule has 0 aliphatic heterocycles. The lowest BCUT2D eigenvalue weighted by Gasteiger charge is -2.02. The van der Waals surface area contributed by atoms with Crippen LogP contribution in [0.1, 0.15) is 10.5 Å². The van der Waals surface area contributed by atoms with Crippen LogP contribution in [0.15, 0.2) is 36.7 Å². The number of carboxylic acids is 1. The Hall–Kier alpha value is -2.43. The van der Waals surface area contributed by atoms with Crippen molar-refractivity contribution in [2.45, 2.75) is 0 Å². The molecule has 0 saturated carbocycles. The third-order valence-electron chi connectivity index (χ3n) is 2.26. The van der Waals surface area contributed by atoms with Gasteiger partial charge >= 0.3 is 5.97 Å². The quantitative estimate of drug-likeness (QED) is 0.871. The maximum absolute atomic E-state index is 10.6. The average molecular weight is 230 g/mol. The first kappa shape index (κ1) is 11.1. The molecular weight excluding hydrogens is 220 g/mol. The van der Waals surface area contributed by atoms with Crippen LogP contribution in [-0.4, -0.2) is 28.2 Å². The van der Waals surface area contributed by atoms with Gasteiger partial charge < -0.3 is 9.84 Å². The summed E-state index contributed by atoms with van der Waals surface area (Å²) in [6.07, 6.45) is 3.16. The summed E-state index contributed by atoms with van der Waals surface area (Å²) in [6.45, 7) is 0. The van der Waals surface area contributed by atoms with Crippen molar-refractivity contribution in [2.75, 3.05) is 7.11 Å². The Bertz CT molecular complexity index is 520. The normalized spacial score (nSPS) is 9.94. The van der Waals surface area contributed by atoms with E-state index in [9.17, 15) is 4.79 Å². The minimum absolute atomic E-state index is 0.0234. The van der Waals surface area contributed by atoms with Crippen LogP contribution < -0.4 is 4.74 Å². The van der Waals surface area contributed by atoms with Crippen LogP contribution in [0.25, 0.3) is 11.1 Å². The Balaban J connectivity index is 2.29. The second kappa shape index (κ2) is 4.61. The number of aromatic carboxylic acids is 1. The lowest BCUT2D eigenvalue weighted by molar-refractivity contribution is 0.0690. The van der Waals surface area contributed by atoms with Crippen molar-refractivity contribution >= 4 is 5.97 Å². The van der Waals surface area contributed by atoms with Gasteiger partial charge in [-0.05, 0) is 12.1 Å². The smallest absolute Gasteiger partial charge is 0.354 e. The van der Waals surface area contributed by atoms with Crippen molar-refractivity contribution in [3.05, 3.63) is 42.4 Å². The van der Waals surface area contributed by atoms with Gasteiger partial charge in [0, 0.05) is 29.6 Å². The van der Waals surface area contributed by atoms with E-state index in [-0.39, 0.29) is 5.69 Å². The van der Waals surface area contributed by atoms with Gasteiger partial charge in [0.05, 0.1) is 7.11 Å². The summed E-state index contributed by atoms with van der Waals surface area (Å²) in [4.78, 5) is 18.5. The predicted octanol–water partition coefficient (Wildman–Crippen LogP) is 1.85. The first-order chi connectivity index (χ1) is 8.20. The Morgan fingerprint density at radius 1 is 1.12 bits per heavy atom. The Morgan fingerprint density at radius 2 is 1.76 bits per heavy atom. The van der Waals surface area contributed by atoms with Crippen LogP contribution in [-0.2, 0) is 0 Å². The third-order valence-corrected chi connectivity index (χ3v) is 2.26. The van der Waals surface area contributed by atoms with E-state index in [0.717, 1.165) is 11.1 Å². The monoisotopic (exact) mass is 230 g/mol. The van der Waals surface area contributed by atoms with E-state index in [1.807, 2.05) is 6.07 Å². The van der Waals surface area contributed by atoms with Crippen LogP contribution in [0.3, 0.4) is 0 Å². The summed E-state index contributed by atoms with van der Waals surface area (Å²) in [7, 11) is 1.55. The van der Waals surface area contributed by atoms with E-state index >= 15 is 0 Å². The zero-order chi connectivity index (χ0) is 12.3. The number of hydrogen-bond donors (Lipinski definition) is 1. The molecule has 0 saturated heterocycles. The summed E-state index contributed by atoms with van der Waals surface area (Å²) in [5.74, 6) is -0.506. The van der Waals surface area contributed by atoms with Crippen LogP contribution in [0.2, 0.25) is 0 Å². The van der Waals surface area contributed by atoms with Gasteiger partial charge in [-0.15, -0.1) is 0 Å². The number of methoxy groups -OCH3 is 1. The molecule has 2 aromatic rings. The molecule has 0 aliphatic carbocycles. The first-order valence-corrected chi connectivity index (χ1v) is 4.90. The van der Waals surface area contributed by atoms with Crippen LogP contribution >= 0.6 is 0 Å². The molecule has 0 unspecified atom stereocenters. The van der Waals surface area contributed by atoms with Crippen molar-refractivity contribution in [3.63, 3.8) is 0 Å². The summed E-state index contributed by atoms with van der Waals surface area (Å²) in [5, 5.41) is 8.72. The molecule has 86 valence electrons. The topological polar surface area (TPSA) is 72.3 Å². The summed E-state index contributed by atoms with van der Waals surface area (Å²) >= 11 is 0. The number of nitrogens with zero attached hydrogens (tertiary/aromatic N) is 2. The van der Waals surface area contributed by atoms with E-state index in [1.54, 1.807) is 25.4 Å². The molecule has 0 atom stereocenters. The maximum atomic E-state index is 10.6. The highest BCUT2D eigenvalue weighted by molar-refractivity contribution is 5.85. The largest absolute Gasteiger partial charge is 0.481 e. The minimum atomic E-state index is -1.04. The van der Waals surface area contributed by atoms with Crippen molar-refractivity contribution in [1.29, 1.82) is 0 Å². The number of ether oxygens (including phenoxy) is 1. The number of carbonyl (C=O) groups is 1. The zero-order valence-corrected chi connectivity index (χ0v) is 9.12. The molecule has 0 spiro atoms. The SMILES string of the molecule is COc1ccc(-c2ccc(C(=O)O)nc2)cn1. The van der Waals surface area contributed by atoms with Crippen molar-refractivity contribution < 1.29 is 14.6 Å². The van der Waals surface area contributed by atoms with Crippen LogP contribution in [0.4, 0.5) is 0 Å². The second-order valence-electron chi connectivity index (χ2n) is 3.33. The molecule has 17 heavy (non-hydrogen) atoms. The molecule has 0 radical (unpaired) electrons. The average Bonchev–Trinajstić information content (AvgIpc) is 2.39. The fourth-order valence-corrected chi connectivity index (χ4v) is 1.36. The van der Waals surface area contributed by atoms with Crippen molar-refractivity contribution in [1.82, 2.24) is 9.97 Å². The molecule has 2 aromatic heterocycles. The van der Waals surface area contributed by atoms with Crippen LogP contribution in [0, 0.1) is 0 Å². The highest BCUT2D eigenvalue weighted by atomic mass is 16.5. The minimum Gasteiger partial charge on any atom is -0.481 e. The molecule has 2 heterocycles. The molecule has 0 amide bonds. The molecule has 0 fully saturated rings. The molecular formula is C12H10N2O3. The molecule has 5 heteroatoms. The van der Waals surface area contributed by atoms with E-state index in [1.165, 1.54) is 12.3 Å². The standard InChI is InChI=1S/C12H10N2O3/c1-17-11-5-3-9(7-14-11)8-2-4-10(12(15)16)13-6-8/h2-7H,1H3,(H,15,16). The molecule has 0 aromatic carbocycles. The second-order valence-corrected chi connectivity index (χ2v) is 3.33. The van der Waals surface area contributed by atoms with Crippen molar-refractivity contribution in [3.8, 4) is 17.0 Å². The Kier molecular flexibility index (Phi) is 3.00. The van der Waals surface area contributed by atoms with Gasteiger partial charge in [0.2, 0.25) is 5.88 Å². The van der Waals surface area contributed by atoms with E-state index < -0.39 is 5.97 Å². The van der Waals surface area contributed by atoms with Gasteiger partial charge in [-0.1, -0.05) is 6.07 Å². The van der Waals surface area contributed by atoms with E-state index in [2.05, 4.69) is 9.97 Å². The van der Waals surface area contributed by atoms with Gasteiger partial charge in [-0.3, -0.25) is 0 Å². The number of pyridine rings is 2. The van der Waals surface area contributed by atoms with E-state index in [4.69, 9.17) is 9.84 Å². The number of carboxylic acid groups (broad SMARTS) is 1. The highest BCUT2D eigenvalue weighted by Gasteiger charge is 2.05. The summed E-state index contributed by atoms with van der Waals surface area (Å²) < 4.78 is 4.95. The van der Waals surface area contributed by atoms with Crippen molar-refractivity contribution in [2.24, 2.45) is 0 Å². The van der Waals surface area contributed by atoms with Gasteiger partial charge in [0.25, 0.3) is 0 Å². The zero-order valence-electron chi connectivity index (χ0n) is 9.12. The number of rotatable bonds is 3. The Labute approximate surface area is 97.7 Å². The predicted molar refractivity (Wildman–Crippen MR) is 61.0 cm³/mol. The van der Waals surface area contributed by atoms with Gasteiger partial charge in [0.15, 0.2) is 0 Å². The molecule has 0 aliphatic rings. The molecule has 2 rings (SSSR count). The van der Waals surface area contributed by atoms with Gasteiger partial charge in [0.1, 0.15) is 5.69 Å². The lowest BCUT2D eigenvalue weighted by Crippen LogP contribution is -1.99. The molecule has 5 nitrogen and oxygen atoms in total. The molecule has 0 bridgehead atoms. The van der Waals surface area contributed by atoms with E-state index in [0.29, 0.717) is 5.88 Å². The number of hydrogen-bond acceptors (Lipinski definition) is 4. The first-order valence-electron chi connectivity index (χ1n) is 4.90. The fourth-order valence-electron chi connectivity index (χ4n) is 1.36. The number of aromatic nitrogens is 2. The third kappa shape index (κ3) is 2.39. The fraction of sp³-hybridized carbons (Fsp3) is 0.0833. The summed E-state index contributed by atoms with van der Waals surface area (Å²) in [6, 6.07) is 6.73. The highest BCUT2D eigenvalue weighted by Crippen LogP contribution is 2.19. The van der Waals surface area contributed by atoms with Gasteiger partial charge in [-0.2, -0.15) is 0 Å². The maximum Gasteiger partial charge on any atom is 0.354 e. The van der Waals surface area contributed by atoms with Gasteiger partial charge in [-0.25, -0.2) is 14.8 Å². The lowest BCUT2D eigenvalue weighted by atomic mass is 10.1. The Morgan fingerprint density at radius 3 is 2.18 bits per heavy atom. The van der Waals surface area contributed by atoms with Crippen LogP contribution in [0.5, 0.6) is 5.88 Å².